The highest BCUT2D eigenvalue weighted by atomic mass is 15.2. The third kappa shape index (κ3) is 3.78. The first-order valence-electron chi connectivity index (χ1n) is 14.9. The average Bonchev–Trinajstić information content (AvgIpc) is 3.66. The zero-order valence-corrected chi connectivity index (χ0v) is 23.8. The lowest BCUT2D eigenvalue weighted by molar-refractivity contribution is 1.01. The van der Waals surface area contributed by atoms with Crippen molar-refractivity contribution in [2.45, 2.75) is 0 Å². The zero-order chi connectivity index (χ0) is 29.0. The van der Waals surface area contributed by atoms with Gasteiger partial charge in [-0.2, -0.15) is 0 Å². The third-order valence-electron chi connectivity index (χ3n) is 8.58. The van der Waals surface area contributed by atoms with Crippen LogP contribution in [0.3, 0.4) is 0 Å². The van der Waals surface area contributed by atoms with E-state index in [1.165, 1.54) is 21.7 Å². The molecule has 9 rings (SSSR count). The molecule has 0 unspecified atom stereocenters. The number of hydrogen-bond acceptors (Lipinski definition) is 2. The standard InChI is InChI=1S/C40H26N4/c1-3-13-27(14-4-1)30-17-7-8-19-32(30)39-33-20-9-11-21-35(33)41-40(42-39)44-36-22-12-10-18-31(36)34-26-37-28(25-38(34)44)23-24-43(37)29-15-5-2-6-16-29/h1-26H. The van der Waals surface area contributed by atoms with Crippen LogP contribution in [0, 0.1) is 0 Å². The number of para-hydroxylation sites is 3. The van der Waals surface area contributed by atoms with Crippen molar-refractivity contribution in [2.24, 2.45) is 0 Å². The molecule has 0 N–H and O–H groups in total. The van der Waals surface area contributed by atoms with Gasteiger partial charge in [0.1, 0.15) is 0 Å². The molecule has 3 aromatic heterocycles. The molecule has 0 amide bonds. The summed E-state index contributed by atoms with van der Waals surface area (Å²) in [6.45, 7) is 0. The Morgan fingerprint density at radius 2 is 1.14 bits per heavy atom. The Labute approximate surface area is 254 Å². The van der Waals surface area contributed by atoms with Gasteiger partial charge < -0.3 is 4.57 Å². The second kappa shape index (κ2) is 9.79. The van der Waals surface area contributed by atoms with E-state index in [1.54, 1.807) is 0 Å². The first-order valence-corrected chi connectivity index (χ1v) is 14.9. The molecule has 206 valence electrons. The van der Waals surface area contributed by atoms with Crippen molar-refractivity contribution in [2.75, 3.05) is 0 Å². The van der Waals surface area contributed by atoms with Gasteiger partial charge in [-0.15, -0.1) is 0 Å². The van der Waals surface area contributed by atoms with Crippen LogP contribution in [0.5, 0.6) is 0 Å². The maximum Gasteiger partial charge on any atom is 0.235 e. The van der Waals surface area contributed by atoms with Gasteiger partial charge in [-0.3, -0.25) is 4.57 Å². The van der Waals surface area contributed by atoms with Gasteiger partial charge in [0.25, 0.3) is 0 Å². The average molecular weight is 563 g/mol. The Morgan fingerprint density at radius 3 is 1.98 bits per heavy atom. The summed E-state index contributed by atoms with van der Waals surface area (Å²) >= 11 is 0. The van der Waals surface area contributed by atoms with Crippen LogP contribution in [0.25, 0.3) is 77.6 Å². The summed E-state index contributed by atoms with van der Waals surface area (Å²) in [5.41, 5.74) is 9.71. The summed E-state index contributed by atoms with van der Waals surface area (Å²) in [4.78, 5) is 10.6. The van der Waals surface area contributed by atoms with Crippen LogP contribution in [0.15, 0.2) is 158 Å². The highest BCUT2D eigenvalue weighted by molar-refractivity contribution is 6.13. The van der Waals surface area contributed by atoms with Crippen molar-refractivity contribution in [3.05, 3.63) is 158 Å². The smallest absolute Gasteiger partial charge is 0.235 e. The fourth-order valence-corrected chi connectivity index (χ4v) is 6.56. The predicted octanol–water partition coefficient (Wildman–Crippen LogP) is 10.0. The van der Waals surface area contributed by atoms with Crippen LogP contribution in [0.1, 0.15) is 0 Å². The maximum atomic E-state index is 5.38. The number of rotatable bonds is 4. The van der Waals surface area contributed by atoms with E-state index in [0.29, 0.717) is 5.95 Å². The lowest BCUT2D eigenvalue weighted by atomic mass is 9.96. The first kappa shape index (κ1) is 24.6. The molecule has 4 heteroatoms. The molecule has 3 heterocycles. The highest BCUT2D eigenvalue weighted by Gasteiger charge is 2.20. The van der Waals surface area contributed by atoms with Crippen molar-refractivity contribution in [3.63, 3.8) is 0 Å². The third-order valence-corrected chi connectivity index (χ3v) is 8.58. The minimum absolute atomic E-state index is 0.662. The molecule has 0 fully saturated rings. The maximum absolute atomic E-state index is 5.38. The molecule has 6 aromatic carbocycles. The van der Waals surface area contributed by atoms with Crippen LogP contribution < -0.4 is 0 Å². The van der Waals surface area contributed by atoms with Crippen molar-refractivity contribution in [1.29, 1.82) is 0 Å². The Bertz CT molecular complexity index is 2490. The summed E-state index contributed by atoms with van der Waals surface area (Å²) in [6.07, 6.45) is 2.15. The lowest BCUT2D eigenvalue weighted by Gasteiger charge is -2.14. The molecular formula is C40H26N4. The second-order valence-corrected chi connectivity index (χ2v) is 11.1. The van der Waals surface area contributed by atoms with Gasteiger partial charge in [-0.25, -0.2) is 9.97 Å². The van der Waals surface area contributed by atoms with Crippen molar-refractivity contribution >= 4 is 43.6 Å². The monoisotopic (exact) mass is 562 g/mol. The van der Waals surface area contributed by atoms with Crippen LogP contribution in [0.2, 0.25) is 0 Å². The predicted molar refractivity (Wildman–Crippen MR) is 182 cm³/mol. The van der Waals surface area contributed by atoms with E-state index < -0.39 is 0 Å². The molecule has 0 radical (unpaired) electrons. The van der Waals surface area contributed by atoms with Crippen molar-refractivity contribution in [1.82, 2.24) is 19.1 Å². The normalized spacial score (nSPS) is 11.6. The Morgan fingerprint density at radius 1 is 0.455 bits per heavy atom. The molecule has 0 aliphatic heterocycles. The molecule has 0 bridgehead atoms. The molecule has 44 heavy (non-hydrogen) atoms. The van der Waals surface area contributed by atoms with Gasteiger partial charge in [0.15, 0.2) is 0 Å². The van der Waals surface area contributed by atoms with Gasteiger partial charge in [-0.05, 0) is 53.6 Å². The van der Waals surface area contributed by atoms with E-state index in [0.717, 1.165) is 50.0 Å². The summed E-state index contributed by atoms with van der Waals surface area (Å²) < 4.78 is 4.48. The minimum Gasteiger partial charge on any atom is -0.317 e. The minimum atomic E-state index is 0.662. The molecule has 0 saturated heterocycles. The summed E-state index contributed by atoms with van der Waals surface area (Å²) in [5, 5.41) is 4.55. The molecule has 0 saturated carbocycles. The topological polar surface area (TPSA) is 35.6 Å². The highest BCUT2D eigenvalue weighted by Crippen LogP contribution is 2.38. The number of fused-ring (bicyclic) bond motifs is 5. The molecule has 0 spiro atoms. The van der Waals surface area contributed by atoms with Crippen LogP contribution in [-0.2, 0) is 0 Å². The molecule has 0 aliphatic rings. The van der Waals surface area contributed by atoms with E-state index in [-0.39, 0.29) is 0 Å². The Kier molecular flexibility index (Phi) is 5.47. The van der Waals surface area contributed by atoms with E-state index in [1.807, 2.05) is 6.07 Å². The van der Waals surface area contributed by atoms with Crippen LogP contribution in [-0.4, -0.2) is 19.1 Å². The summed E-state index contributed by atoms with van der Waals surface area (Å²) in [5.74, 6) is 0.662. The second-order valence-electron chi connectivity index (χ2n) is 11.1. The summed E-state index contributed by atoms with van der Waals surface area (Å²) in [6, 6.07) is 53.2. The van der Waals surface area contributed by atoms with E-state index >= 15 is 0 Å². The molecular weight excluding hydrogens is 536 g/mol. The SMILES string of the molecule is c1ccc(-c2ccccc2-c2nc(-n3c4ccccc4c4cc5c(ccn5-c5ccccc5)cc43)nc3ccccc23)cc1. The van der Waals surface area contributed by atoms with Gasteiger partial charge >= 0.3 is 0 Å². The number of benzene rings is 6. The van der Waals surface area contributed by atoms with Gasteiger partial charge in [-0.1, -0.05) is 109 Å². The van der Waals surface area contributed by atoms with E-state index in [9.17, 15) is 0 Å². The Hall–Kier alpha value is -6.00. The molecule has 9 aromatic rings. The first-order chi connectivity index (χ1) is 21.8. The number of nitrogens with zero attached hydrogens (tertiary/aromatic N) is 4. The van der Waals surface area contributed by atoms with E-state index in [2.05, 4.69) is 161 Å². The zero-order valence-electron chi connectivity index (χ0n) is 23.8. The summed E-state index contributed by atoms with van der Waals surface area (Å²) in [7, 11) is 0. The van der Waals surface area contributed by atoms with Crippen molar-refractivity contribution < 1.29 is 0 Å². The van der Waals surface area contributed by atoms with Crippen LogP contribution in [0.4, 0.5) is 0 Å². The van der Waals surface area contributed by atoms with Crippen molar-refractivity contribution in [3.8, 4) is 34.0 Å². The number of hydrogen-bond donors (Lipinski definition) is 0. The van der Waals surface area contributed by atoms with E-state index in [4.69, 9.17) is 9.97 Å². The van der Waals surface area contributed by atoms with Crippen LogP contribution >= 0.6 is 0 Å². The lowest BCUT2D eigenvalue weighted by Crippen LogP contribution is -2.04. The van der Waals surface area contributed by atoms with Gasteiger partial charge in [0.2, 0.25) is 5.95 Å². The fraction of sp³-hybridized carbons (Fsp3) is 0. The molecule has 0 aliphatic carbocycles. The van der Waals surface area contributed by atoms with Gasteiger partial charge in [0.05, 0.1) is 27.8 Å². The van der Waals surface area contributed by atoms with Gasteiger partial charge in [0, 0.05) is 39.0 Å². The molecule has 4 nitrogen and oxygen atoms in total. The molecule has 0 atom stereocenters. The quantitative estimate of drug-likeness (QED) is 0.214. The Balaban J connectivity index is 1.34. The largest absolute Gasteiger partial charge is 0.317 e. The number of aromatic nitrogens is 4. The fourth-order valence-electron chi connectivity index (χ4n) is 6.56.